The minimum absolute atomic E-state index is 0.137. The number of aromatic amines is 1. The Hall–Kier alpha value is -3.24. The lowest BCUT2D eigenvalue weighted by atomic mass is 10.0. The third-order valence-electron chi connectivity index (χ3n) is 4.79. The zero-order chi connectivity index (χ0) is 21.3. The Labute approximate surface area is 176 Å². The Balaban J connectivity index is 1.65. The van der Waals surface area contributed by atoms with E-state index in [9.17, 15) is 14.4 Å². The number of hydrogen-bond acceptors (Lipinski definition) is 7. The Morgan fingerprint density at radius 2 is 2.07 bits per heavy atom. The summed E-state index contributed by atoms with van der Waals surface area (Å²) in [4.78, 5) is 43.3. The second kappa shape index (κ2) is 8.25. The number of esters is 1. The van der Waals surface area contributed by atoms with Gasteiger partial charge in [0.2, 0.25) is 5.82 Å². The van der Waals surface area contributed by atoms with Gasteiger partial charge in [-0.15, -0.1) is 16.4 Å². The largest absolute Gasteiger partial charge is 0.462 e. The zero-order valence-corrected chi connectivity index (χ0v) is 17.4. The Bertz CT molecular complexity index is 1150. The number of fused-ring (bicyclic) bond motifs is 1. The monoisotopic (exact) mass is 427 g/mol. The number of nitrogens with one attached hydrogen (secondary N) is 2. The highest BCUT2D eigenvalue weighted by Gasteiger charge is 2.29. The van der Waals surface area contributed by atoms with Crippen molar-refractivity contribution in [1.29, 1.82) is 0 Å². The van der Waals surface area contributed by atoms with E-state index in [4.69, 9.17) is 4.74 Å². The fourth-order valence-electron chi connectivity index (χ4n) is 3.37. The molecule has 0 saturated carbocycles. The molecule has 1 aromatic carbocycles. The number of likely N-dealkylation sites (N-methyl/N-ethyl adjacent to an activating group) is 1. The summed E-state index contributed by atoms with van der Waals surface area (Å²) in [6.45, 7) is 3.50. The molecule has 0 aliphatic carbocycles. The number of aromatic nitrogens is 3. The first kappa shape index (κ1) is 20.0. The van der Waals surface area contributed by atoms with Crippen molar-refractivity contribution in [2.45, 2.75) is 19.9 Å². The van der Waals surface area contributed by atoms with Gasteiger partial charge >= 0.3 is 11.7 Å². The predicted molar refractivity (Wildman–Crippen MR) is 112 cm³/mol. The molecule has 3 heterocycles. The van der Waals surface area contributed by atoms with Crippen LogP contribution in [0.2, 0.25) is 0 Å². The average molecular weight is 427 g/mol. The molecular formula is C20H21N5O4S. The third kappa shape index (κ3) is 3.79. The lowest BCUT2D eigenvalue weighted by Crippen LogP contribution is -2.26. The number of anilines is 1. The minimum atomic E-state index is -0.598. The summed E-state index contributed by atoms with van der Waals surface area (Å²) in [6.07, 6.45) is 0.700. The molecule has 1 amide bonds. The lowest BCUT2D eigenvalue weighted by Gasteiger charge is -2.22. The van der Waals surface area contributed by atoms with E-state index in [0.717, 1.165) is 21.7 Å². The number of benzene rings is 1. The van der Waals surface area contributed by atoms with Crippen LogP contribution in [0.5, 0.6) is 0 Å². The highest BCUT2D eigenvalue weighted by molar-refractivity contribution is 7.17. The number of rotatable bonds is 5. The van der Waals surface area contributed by atoms with Gasteiger partial charge in [0.15, 0.2) is 0 Å². The third-order valence-corrected chi connectivity index (χ3v) is 5.92. The van der Waals surface area contributed by atoms with E-state index in [1.54, 1.807) is 31.2 Å². The fraction of sp³-hybridized carbons (Fsp3) is 0.300. The maximum atomic E-state index is 12.8. The lowest BCUT2D eigenvalue weighted by molar-refractivity contribution is 0.0526. The van der Waals surface area contributed by atoms with Gasteiger partial charge in [-0.3, -0.25) is 9.78 Å². The molecule has 0 bridgehead atoms. The van der Waals surface area contributed by atoms with Gasteiger partial charge in [-0.25, -0.2) is 9.59 Å². The van der Waals surface area contributed by atoms with E-state index in [0.29, 0.717) is 29.2 Å². The van der Waals surface area contributed by atoms with Crippen molar-refractivity contribution in [1.82, 2.24) is 19.7 Å². The molecule has 4 rings (SSSR count). The van der Waals surface area contributed by atoms with Gasteiger partial charge in [-0.2, -0.15) is 4.68 Å². The first-order valence-corrected chi connectivity index (χ1v) is 10.4. The van der Waals surface area contributed by atoms with Crippen LogP contribution in [-0.4, -0.2) is 51.7 Å². The Kier molecular flexibility index (Phi) is 5.51. The maximum Gasteiger partial charge on any atom is 0.348 e. The summed E-state index contributed by atoms with van der Waals surface area (Å²) >= 11 is 1.35. The second-order valence-electron chi connectivity index (χ2n) is 6.90. The molecule has 2 N–H and O–H groups in total. The summed E-state index contributed by atoms with van der Waals surface area (Å²) in [6, 6.07) is 8.80. The summed E-state index contributed by atoms with van der Waals surface area (Å²) in [5, 5.41) is 7.25. The summed E-state index contributed by atoms with van der Waals surface area (Å²) in [5.74, 6) is -1.19. The number of nitrogens with zero attached hydrogens (tertiary/aromatic N) is 3. The van der Waals surface area contributed by atoms with Crippen molar-refractivity contribution in [3.8, 4) is 5.69 Å². The summed E-state index contributed by atoms with van der Waals surface area (Å²) in [7, 11) is 2.01. The van der Waals surface area contributed by atoms with Crippen LogP contribution < -0.4 is 11.0 Å². The van der Waals surface area contributed by atoms with Crippen LogP contribution in [0, 0.1) is 0 Å². The van der Waals surface area contributed by atoms with Gasteiger partial charge in [0.1, 0.15) is 5.00 Å². The number of carbonyl (C=O) groups is 2. The summed E-state index contributed by atoms with van der Waals surface area (Å²) < 4.78 is 6.33. The summed E-state index contributed by atoms with van der Waals surface area (Å²) in [5.41, 5.74) is 1.32. The van der Waals surface area contributed by atoms with Gasteiger partial charge in [0.25, 0.3) is 5.91 Å². The Morgan fingerprint density at radius 3 is 2.80 bits per heavy atom. The van der Waals surface area contributed by atoms with Gasteiger partial charge in [0, 0.05) is 18.0 Å². The first-order chi connectivity index (χ1) is 14.5. The standard InChI is InChI=1S/C20H21N5O4S/c1-3-29-19(27)15-13-9-10-24(2)11-14(13)30-18(15)22-17(26)16-21-20(28)25(23-16)12-7-5-4-6-8-12/h4-8H,3,9-11H2,1-2H3,(H,22,26)(H,21,23,28). The molecule has 2 aromatic heterocycles. The number of ether oxygens (including phenoxy) is 1. The molecule has 0 fully saturated rings. The van der Waals surface area contributed by atoms with Crippen LogP contribution in [-0.2, 0) is 17.7 Å². The smallest absolute Gasteiger partial charge is 0.348 e. The molecule has 0 spiro atoms. The van der Waals surface area contributed by atoms with Gasteiger partial charge in [-0.1, -0.05) is 18.2 Å². The predicted octanol–water partition coefficient (Wildman–Crippen LogP) is 2.04. The van der Waals surface area contributed by atoms with E-state index in [2.05, 4.69) is 20.3 Å². The molecule has 10 heteroatoms. The maximum absolute atomic E-state index is 12.8. The molecule has 3 aromatic rings. The molecule has 0 atom stereocenters. The quantitative estimate of drug-likeness (QED) is 0.603. The average Bonchev–Trinajstić information content (AvgIpc) is 3.28. The molecule has 0 unspecified atom stereocenters. The number of hydrogen-bond donors (Lipinski definition) is 2. The van der Waals surface area contributed by atoms with Crippen LogP contribution >= 0.6 is 11.3 Å². The van der Waals surface area contributed by atoms with Crippen LogP contribution in [0.1, 0.15) is 38.3 Å². The van der Waals surface area contributed by atoms with Crippen molar-refractivity contribution in [2.24, 2.45) is 0 Å². The van der Waals surface area contributed by atoms with Gasteiger partial charge in [-0.05, 0) is 38.1 Å². The first-order valence-electron chi connectivity index (χ1n) is 9.54. The molecule has 1 aliphatic heterocycles. The van der Waals surface area contributed by atoms with E-state index < -0.39 is 17.6 Å². The number of para-hydroxylation sites is 1. The molecule has 1 aliphatic rings. The topological polar surface area (TPSA) is 109 Å². The number of thiophene rings is 1. The normalized spacial score (nSPS) is 13.7. The fourth-order valence-corrected chi connectivity index (χ4v) is 4.68. The Morgan fingerprint density at radius 1 is 1.30 bits per heavy atom. The molecular weight excluding hydrogens is 406 g/mol. The molecule has 9 nitrogen and oxygen atoms in total. The highest BCUT2D eigenvalue weighted by Crippen LogP contribution is 2.37. The van der Waals surface area contributed by atoms with E-state index in [1.165, 1.54) is 11.3 Å². The van der Waals surface area contributed by atoms with Gasteiger partial charge < -0.3 is 15.0 Å². The minimum Gasteiger partial charge on any atom is -0.462 e. The second-order valence-corrected chi connectivity index (χ2v) is 8.00. The number of amides is 1. The molecule has 156 valence electrons. The van der Waals surface area contributed by atoms with Gasteiger partial charge in [0.05, 0.1) is 17.9 Å². The zero-order valence-electron chi connectivity index (χ0n) is 16.6. The number of carbonyl (C=O) groups excluding carboxylic acids is 2. The van der Waals surface area contributed by atoms with Crippen LogP contribution in [0.25, 0.3) is 5.69 Å². The van der Waals surface area contributed by atoms with Crippen LogP contribution in [0.4, 0.5) is 5.00 Å². The van der Waals surface area contributed by atoms with Crippen molar-refractivity contribution in [3.05, 3.63) is 62.6 Å². The van der Waals surface area contributed by atoms with E-state index in [1.807, 2.05) is 13.1 Å². The van der Waals surface area contributed by atoms with E-state index in [-0.39, 0.29) is 12.4 Å². The highest BCUT2D eigenvalue weighted by atomic mass is 32.1. The molecule has 0 radical (unpaired) electrons. The molecule has 0 saturated heterocycles. The van der Waals surface area contributed by atoms with Crippen molar-refractivity contribution in [3.63, 3.8) is 0 Å². The molecule has 30 heavy (non-hydrogen) atoms. The van der Waals surface area contributed by atoms with E-state index >= 15 is 0 Å². The van der Waals surface area contributed by atoms with Crippen LogP contribution in [0.3, 0.4) is 0 Å². The van der Waals surface area contributed by atoms with Crippen LogP contribution in [0.15, 0.2) is 35.1 Å². The number of H-pyrrole nitrogens is 1. The van der Waals surface area contributed by atoms with Crippen molar-refractivity contribution in [2.75, 3.05) is 25.5 Å². The SMILES string of the molecule is CCOC(=O)c1c(NC(=O)c2nn(-c3ccccc3)c(=O)[nH]2)sc2c1CCN(C)C2. The van der Waals surface area contributed by atoms with Crippen molar-refractivity contribution >= 4 is 28.2 Å². The van der Waals surface area contributed by atoms with Crippen molar-refractivity contribution < 1.29 is 14.3 Å².